The van der Waals surface area contributed by atoms with Crippen LogP contribution in [0.3, 0.4) is 0 Å². The highest BCUT2D eigenvalue weighted by Gasteiger charge is 2.19. The molecule has 3 aromatic rings. The number of alkyl halides is 2. The average Bonchev–Trinajstić information content (AvgIpc) is 3.19. The van der Waals surface area contributed by atoms with E-state index >= 15 is 0 Å². The highest BCUT2D eigenvalue weighted by molar-refractivity contribution is 5.73. The Balaban J connectivity index is 1.79. The number of carbonyl (C=O) groups excluding carboxylic acids is 1. The van der Waals surface area contributed by atoms with Gasteiger partial charge in [-0.05, 0) is 17.7 Å². The first-order valence-corrected chi connectivity index (χ1v) is 8.51. The predicted octanol–water partition coefficient (Wildman–Crippen LogP) is 3.23. The molecule has 0 aliphatic rings. The molecule has 152 valence electrons. The van der Waals surface area contributed by atoms with Crippen LogP contribution in [0.5, 0.6) is 0 Å². The number of anilines is 1. The number of hydrogen-bond donors (Lipinski definition) is 1. The second-order valence-corrected chi connectivity index (χ2v) is 6.19. The van der Waals surface area contributed by atoms with Crippen LogP contribution < -0.4 is 5.32 Å². The molecular formula is C18H17F3N6O2. The molecule has 0 saturated carbocycles. The van der Waals surface area contributed by atoms with Gasteiger partial charge in [0.25, 0.3) is 11.8 Å². The summed E-state index contributed by atoms with van der Waals surface area (Å²) >= 11 is 0. The molecule has 0 bridgehead atoms. The minimum atomic E-state index is -2.87. The molecule has 0 saturated heterocycles. The van der Waals surface area contributed by atoms with E-state index in [4.69, 9.17) is 4.42 Å². The van der Waals surface area contributed by atoms with Crippen LogP contribution in [0, 0.1) is 5.82 Å². The Morgan fingerprint density at radius 1 is 1.17 bits per heavy atom. The zero-order valence-corrected chi connectivity index (χ0v) is 15.5. The molecule has 0 spiro atoms. The molecule has 2 aromatic heterocycles. The van der Waals surface area contributed by atoms with E-state index in [1.807, 2.05) is 0 Å². The molecule has 0 aliphatic heterocycles. The van der Waals surface area contributed by atoms with Gasteiger partial charge >= 0.3 is 6.43 Å². The van der Waals surface area contributed by atoms with Gasteiger partial charge in [0.2, 0.25) is 11.9 Å². The Morgan fingerprint density at radius 2 is 1.83 bits per heavy atom. The summed E-state index contributed by atoms with van der Waals surface area (Å²) in [5, 5.41) is 9.87. The van der Waals surface area contributed by atoms with E-state index < -0.39 is 18.4 Å². The Bertz CT molecular complexity index is 962. The van der Waals surface area contributed by atoms with Crippen LogP contribution in [0.4, 0.5) is 19.1 Å². The predicted molar refractivity (Wildman–Crippen MR) is 96.4 cm³/mol. The first-order chi connectivity index (χ1) is 13.8. The number of hydrogen-bond acceptors (Lipinski definition) is 7. The summed E-state index contributed by atoms with van der Waals surface area (Å²) in [6.45, 7) is 1.72. The Kier molecular flexibility index (Phi) is 6.05. The first-order valence-electron chi connectivity index (χ1n) is 8.51. The van der Waals surface area contributed by atoms with Crippen LogP contribution in [-0.2, 0) is 4.79 Å². The van der Waals surface area contributed by atoms with Crippen molar-refractivity contribution in [1.29, 1.82) is 0 Å². The van der Waals surface area contributed by atoms with E-state index in [-0.39, 0.29) is 35.7 Å². The molecule has 2 heterocycles. The lowest BCUT2D eigenvalue weighted by atomic mass is 10.1. The summed E-state index contributed by atoms with van der Waals surface area (Å²) in [6.07, 6.45) is -0.184. The third-order valence-corrected chi connectivity index (χ3v) is 4.10. The quantitative estimate of drug-likeness (QED) is 0.643. The number of rotatable bonds is 7. The van der Waals surface area contributed by atoms with Gasteiger partial charge in [-0.25, -0.2) is 14.4 Å². The van der Waals surface area contributed by atoms with Gasteiger partial charge in [-0.3, -0.25) is 4.79 Å². The van der Waals surface area contributed by atoms with Crippen LogP contribution in [0.1, 0.15) is 30.8 Å². The van der Waals surface area contributed by atoms with Gasteiger partial charge in [0.1, 0.15) is 5.82 Å². The molecular weight excluding hydrogens is 389 g/mol. The number of aromatic nitrogens is 4. The average molecular weight is 406 g/mol. The highest BCUT2D eigenvalue weighted by Crippen LogP contribution is 2.23. The number of halogens is 3. The molecule has 1 N–H and O–H groups in total. The third kappa shape index (κ3) is 5.06. The fraction of sp³-hybridized carbons (Fsp3) is 0.278. The molecule has 1 amide bonds. The molecule has 1 atom stereocenters. The van der Waals surface area contributed by atoms with Crippen molar-refractivity contribution in [3.05, 3.63) is 53.9 Å². The molecule has 29 heavy (non-hydrogen) atoms. The molecule has 1 aromatic carbocycles. The van der Waals surface area contributed by atoms with Crippen LogP contribution in [0.2, 0.25) is 0 Å². The van der Waals surface area contributed by atoms with Crippen LogP contribution in [-0.4, -0.2) is 44.6 Å². The summed E-state index contributed by atoms with van der Waals surface area (Å²) < 4.78 is 43.2. The lowest BCUT2D eigenvalue weighted by molar-refractivity contribution is -0.127. The minimum absolute atomic E-state index is 0.127. The normalized spacial score (nSPS) is 12.1. The van der Waals surface area contributed by atoms with Crippen molar-refractivity contribution in [2.45, 2.75) is 19.4 Å². The topological polar surface area (TPSA) is 97.0 Å². The Morgan fingerprint density at radius 3 is 2.38 bits per heavy atom. The van der Waals surface area contributed by atoms with Crippen molar-refractivity contribution in [2.24, 2.45) is 0 Å². The van der Waals surface area contributed by atoms with E-state index in [2.05, 4.69) is 25.5 Å². The van der Waals surface area contributed by atoms with Gasteiger partial charge in [-0.2, -0.15) is 8.78 Å². The van der Waals surface area contributed by atoms with E-state index in [0.717, 1.165) is 5.56 Å². The fourth-order valence-corrected chi connectivity index (χ4v) is 2.44. The van der Waals surface area contributed by atoms with Gasteiger partial charge in [0, 0.05) is 32.9 Å². The van der Waals surface area contributed by atoms with Crippen molar-refractivity contribution in [3.8, 4) is 11.5 Å². The lowest BCUT2D eigenvalue weighted by Gasteiger charge is -2.24. The van der Waals surface area contributed by atoms with E-state index in [1.54, 1.807) is 19.2 Å². The molecule has 3 rings (SSSR count). The maximum Gasteiger partial charge on any atom is 0.314 e. The Hall–Kier alpha value is -3.50. The zero-order chi connectivity index (χ0) is 21.0. The molecule has 11 heteroatoms. The molecule has 0 aliphatic carbocycles. The second kappa shape index (κ2) is 8.67. The van der Waals surface area contributed by atoms with Gasteiger partial charge in [-0.1, -0.05) is 12.1 Å². The lowest BCUT2D eigenvalue weighted by Crippen LogP contribution is -2.32. The molecule has 8 nitrogen and oxygen atoms in total. The summed E-state index contributed by atoms with van der Waals surface area (Å²) in [6, 6.07) is 5.42. The number of carbonyl (C=O) groups is 1. The molecule has 0 radical (unpaired) electrons. The first kappa shape index (κ1) is 20.2. The fourth-order valence-electron chi connectivity index (χ4n) is 2.44. The van der Waals surface area contributed by atoms with Crippen molar-refractivity contribution >= 4 is 11.9 Å². The number of nitrogens with one attached hydrogen (secondary N) is 1. The van der Waals surface area contributed by atoms with Crippen molar-refractivity contribution in [2.75, 3.05) is 18.9 Å². The minimum Gasteiger partial charge on any atom is -0.415 e. The SMILES string of the molecule is CC(=O)N(C)CC(Nc1ncc(-c2nnc(C(F)F)o2)cn1)c1ccc(F)cc1. The number of nitrogens with zero attached hydrogens (tertiary/aromatic N) is 5. The smallest absolute Gasteiger partial charge is 0.314 e. The van der Waals surface area contributed by atoms with E-state index in [0.29, 0.717) is 0 Å². The van der Waals surface area contributed by atoms with Crippen LogP contribution in [0.15, 0.2) is 41.1 Å². The number of benzene rings is 1. The maximum atomic E-state index is 13.2. The monoisotopic (exact) mass is 406 g/mol. The van der Waals surface area contributed by atoms with Gasteiger partial charge in [0.05, 0.1) is 11.6 Å². The number of amides is 1. The standard InChI is InChI=1S/C18H17F3N6O2/c1-10(28)27(2)9-14(11-3-5-13(19)6-4-11)24-18-22-7-12(8-23-18)16-25-26-17(29-16)15(20)21/h3-8,14-15H,9H2,1-2H3,(H,22,23,24). The van der Waals surface area contributed by atoms with Crippen LogP contribution >= 0.6 is 0 Å². The summed E-state index contributed by atoms with van der Waals surface area (Å²) in [5.41, 5.74) is 1.000. The van der Waals surface area contributed by atoms with Gasteiger partial charge in [0.15, 0.2) is 0 Å². The molecule has 1 unspecified atom stereocenters. The van der Waals surface area contributed by atoms with E-state index in [1.165, 1.54) is 36.4 Å². The summed E-state index contributed by atoms with van der Waals surface area (Å²) in [4.78, 5) is 21.4. The number of likely N-dealkylation sites (N-methyl/N-ethyl adjacent to an activating group) is 1. The van der Waals surface area contributed by atoms with Crippen molar-refractivity contribution in [3.63, 3.8) is 0 Å². The van der Waals surface area contributed by atoms with E-state index in [9.17, 15) is 18.0 Å². The van der Waals surface area contributed by atoms with Crippen LogP contribution in [0.25, 0.3) is 11.5 Å². The maximum absolute atomic E-state index is 13.2. The largest absolute Gasteiger partial charge is 0.415 e. The summed E-state index contributed by atoms with van der Waals surface area (Å²) in [5.74, 6) is -1.21. The second-order valence-electron chi connectivity index (χ2n) is 6.19. The highest BCUT2D eigenvalue weighted by atomic mass is 19.3. The molecule has 0 fully saturated rings. The summed E-state index contributed by atoms with van der Waals surface area (Å²) in [7, 11) is 1.64. The van der Waals surface area contributed by atoms with Crippen molar-refractivity contribution in [1.82, 2.24) is 25.1 Å². The van der Waals surface area contributed by atoms with Gasteiger partial charge in [-0.15, -0.1) is 10.2 Å². The van der Waals surface area contributed by atoms with Crippen molar-refractivity contribution < 1.29 is 22.4 Å². The van der Waals surface area contributed by atoms with Gasteiger partial charge < -0.3 is 14.6 Å². The zero-order valence-electron chi connectivity index (χ0n) is 15.5. The third-order valence-electron chi connectivity index (χ3n) is 4.10. The Labute approximate surface area is 163 Å².